The lowest BCUT2D eigenvalue weighted by atomic mass is 10.4. The van der Waals surface area contributed by atoms with Gasteiger partial charge in [-0.25, -0.2) is 4.99 Å². The molecule has 2 N–H and O–H groups in total. The number of aliphatic imine (C=N–C) groups is 1. The van der Waals surface area contributed by atoms with Gasteiger partial charge in [0.05, 0.1) is 12.2 Å². The lowest BCUT2D eigenvalue weighted by molar-refractivity contribution is 0.487. The molecule has 1 aromatic rings. The maximum atomic E-state index is 5.85. The highest BCUT2D eigenvalue weighted by molar-refractivity contribution is 5.78. The second-order valence-corrected chi connectivity index (χ2v) is 4.00. The van der Waals surface area contributed by atoms with Gasteiger partial charge >= 0.3 is 0 Å². The Morgan fingerprint density at radius 3 is 3.00 bits per heavy atom. The van der Waals surface area contributed by atoms with Crippen LogP contribution in [0.5, 0.6) is 0 Å². The van der Waals surface area contributed by atoms with Gasteiger partial charge < -0.3 is 10.6 Å². The minimum atomic E-state index is 0.559. The Balaban J connectivity index is 1.92. The van der Waals surface area contributed by atoms with Crippen molar-refractivity contribution in [3.05, 3.63) is 18.0 Å². The second-order valence-electron chi connectivity index (χ2n) is 4.00. The SMILES string of the molecule is CN(C(N)=NCc1ccn(C)n1)C1CC1. The summed E-state index contributed by atoms with van der Waals surface area (Å²) >= 11 is 0. The summed E-state index contributed by atoms with van der Waals surface area (Å²) in [5, 5.41) is 4.24. The van der Waals surface area contributed by atoms with E-state index in [9.17, 15) is 0 Å². The Hall–Kier alpha value is -1.52. The van der Waals surface area contributed by atoms with Gasteiger partial charge in [0.15, 0.2) is 5.96 Å². The van der Waals surface area contributed by atoms with Crippen molar-refractivity contribution in [1.29, 1.82) is 0 Å². The molecule has 0 aromatic carbocycles. The molecule has 0 radical (unpaired) electrons. The van der Waals surface area contributed by atoms with Crippen molar-refractivity contribution in [2.45, 2.75) is 25.4 Å². The molecule has 1 aromatic heterocycles. The molecule has 0 amide bonds. The first kappa shape index (κ1) is 10.0. The van der Waals surface area contributed by atoms with E-state index in [1.807, 2.05) is 31.3 Å². The molecule has 0 unspecified atom stereocenters. The maximum Gasteiger partial charge on any atom is 0.191 e. The highest BCUT2D eigenvalue weighted by atomic mass is 15.3. The quantitative estimate of drug-likeness (QED) is 0.574. The number of hydrogen-bond donors (Lipinski definition) is 1. The molecule has 0 aliphatic heterocycles. The third kappa shape index (κ3) is 2.49. The van der Waals surface area contributed by atoms with Gasteiger partial charge in [-0.3, -0.25) is 4.68 Å². The summed E-state index contributed by atoms with van der Waals surface area (Å²) in [7, 11) is 3.89. The molecule has 0 bridgehead atoms. The monoisotopic (exact) mass is 207 g/mol. The van der Waals surface area contributed by atoms with E-state index in [-0.39, 0.29) is 0 Å². The Kier molecular flexibility index (Phi) is 2.62. The van der Waals surface area contributed by atoms with Crippen LogP contribution in [-0.4, -0.2) is 33.7 Å². The Labute approximate surface area is 89.6 Å². The molecule has 1 fully saturated rings. The van der Waals surface area contributed by atoms with Crippen molar-refractivity contribution >= 4 is 5.96 Å². The molecule has 5 heteroatoms. The first-order chi connectivity index (χ1) is 7.16. The summed E-state index contributed by atoms with van der Waals surface area (Å²) < 4.78 is 1.77. The molecule has 1 aliphatic carbocycles. The summed E-state index contributed by atoms with van der Waals surface area (Å²) in [4.78, 5) is 6.36. The van der Waals surface area contributed by atoms with Gasteiger partial charge in [-0.1, -0.05) is 0 Å². The van der Waals surface area contributed by atoms with Crippen LogP contribution >= 0.6 is 0 Å². The molecule has 5 nitrogen and oxygen atoms in total. The van der Waals surface area contributed by atoms with Gasteiger partial charge in [0.2, 0.25) is 0 Å². The number of hydrogen-bond acceptors (Lipinski definition) is 2. The van der Waals surface area contributed by atoms with Crippen molar-refractivity contribution in [2.75, 3.05) is 7.05 Å². The first-order valence-corrected chi connectivity index (χ1v) is 5.18. The number of rotatable bonds is 3. The molecule has 2 rings (SSSR count). The summed E-state index contributed by atoms with van der Waals surface area (Å²) in [6.45, 7) is 0.559. The number of aromatic nitrogens is 2. The van der Waals surface area contributed by atoms with Crippen LogP contribution in [0.4, 0.5) is 0 Å². The number of guanidine groups is 1. The van der Waals surface area contributed by atoms with Crippen LogP contribution in [0.15, 0.2) is 17.3 Å². The largest absolute Gasteiger partial charge is 0.370 e. The van der Waals surface area contributed by atoms with Crippen LogP contribution in [0.3, 0.4) is 0 Å². The van der Waals surface area contributed by atoms with Crippen LogP contribution < -0.4 is 5.73 Å². The van der Waals surface area contributed by atoms with E-state index in [1.54, 1.807) is 4.68 Å². The van der Waals surface area contributed by atoms with E-state index < -0.39 is 0 Å². The normalized spacial score (nSPS) is 16.8. The van der Waals surface area contributed by atoms with Crippen molar-refractivity contribution < 1.29 is 0 Å². The fraction of sp³-hybridized carbons (Fsp3) is 0.600. The van der Waals surface area contributed by atoms with Gasteiger partial charge in [0.25, 0.3) is 0 Å². The Bertz CT molecular complexity index is 364. The van der Waals surface area contributed by atoms with E-state index in [1.165, 1.54) is 12.8 Å². The van der Waals surface area contributed by atoms with E-state index in [4.69, 9.17) is 5.73 Å². The van der Waals surface area contributed by atoms with Crippen molar-refractivity contribution in [3.8, 4) is 0 Å². The first-order valence-electron chi connectivity index (χ1n) is 5.18. The molecule has 0 saturated heterocycles. The van der Waals surface area contributed by atoms with E-state index >= 15 is 0 Å². The fourth-order valence-corrected chi connectivity index (χ4v) is 1.47. The summed E-state index contributed by atoms with van der Waals surface area (Å²) in [5.41, 5.74) is 6.80. The van der Waals surface area contributed by atoms with E-state index in [0.717, 1.165) is 5.69 Å². The molecular formula is C10H17N5. The van der Waals surface area contributed by atoms with Gasteiger partial charge in [-0.05, 0) is 18.9 Å². The zero-order valence-corrected chi connectivity index (χ0v) is 9.22. The van der Waals surface area contributed by atoms with Crippen LogP contribution in [0.25, 0.3) is 0 Å². The average molecular weight is 207 g/mol. The number of aryl methyl sites for hydroxylation is 1. The lowest BCUT2D eigenvalue weighted by Crippen LogP contribution is -2.35. The standard InChI is InChI=1S/C10H17N5/c1-14-6-5-8(13-14)7-12-10(11)15(2)9-3-4-9/h5-6,9H,3-4,7H2,1-2H3,(H2,11,12). The predicted octanol–water partition coefficient (Wildman–Crippen LogP) is 0.329. The van der Waals surface area contributed by atoms with Gasteiger partial charge in [0, 0.05) is 26.3 Å². The zero-order chi connectivity index (χ0) is 10.8. The third-order valence-electron chi connectivity index (χ3n) is 2.63. The van der Waals surface area contributed by atoms with Crippen LogP contribution in [0.1, 0.15) is 18.5 Å². The summed E-state index contributed by atoms with van der Waals surface area (Å²) in [6.07, 6.45) is 4.37. The fourth-order valence-electron chi connectivity index (χ4n) is 1.47. The predicted molar refractivity (Wildman–Crippen MR) is 59.3 cm³/mol. The maximum absolute atomic E-state index is 5.85. The Morgan fingerprint density at radius 2 is 2.47 bits per heavy atom. The number of nitrogens with zero attached hydrogens (tertiary/aromatic N) is 4. The minimum Gasteiger partial charge on any atom is -0.370 e. The van der Waals surface area contributed by atoms with Crippen molar-refractivity contribution in [2.24, 2.45) is 17.8 Å². The molecule has 1 saturated carbocycles. The van der Waals surface area contributed by atoms with Gasteiger partial charge in [-0.2, -0.15) is 5.10 Å². The van der Waals surface area contributed by atoms with Crippen LogP contribution in [0.2, 0.25) is 0 Å². The lowest BCUT2D eigenvalue weighted by Gasteiger charge is -2.16. The molecule has 1 heterocycles. The average Bonchev–Trinajstić information content (AvgIpc) is 2.98. The van der Waals surface area contributed by atoms with E-state index in [0.29, 0.717) is 18.5 Å². The molecule has 15 heavy (non-hydrogen) atoms. The highest BCUT2D eigenvalue weighted by Gasteiger charge is 2.27. The molecular weight excluding hydrogens is 190 g/mol. The van der Waals surface area contributed by atoms with Gasteiger partial charge in [-0.15, -0.1) is 0 Å². The topological polar surface area (TPSA) is 59.4 Å². The Morgan fingerprint density at radius 1 is 1.73 bits per heavy atom. The van der Waals surface area contributed by atoms with Crippen LogP contribution in [0, 0.1) is 0 Å². The minimum absolute atomic E-state index is 0.559. The molecule has 0 spiro atoms. The third-order valence-corrected chi connectivity index (χ3v) is 2.63. The van der Waals surface area contributed by atoms with Crippen molar-refractivity contribution in [3.63, 3.8) is 0 Å². The second kappa shape index (κ2) is 3.92. The summed E-state index contributed by atoms with van der Waals surface area (Å²) in [6, 6.07) is 2.56. The number of nitrogens with two attached hydrogens (primary N) is 1. The highest BCUT2D eigenvalue weighted by Crippen LogP contribution is 2.24. The zero-order valence-electron chi connectivity index (χ0n) is 9.22. The van der Waals surface area contributed by atoms with Crippen LogP contribution in [-0.2, 0) is 13.6 Å². The molecule has 1 aliphatic rings. The summed E-state index contributed by atoms with van der Waals surface area (Å²) in [5.74, 6) is 0.614. The smallest absolute Gasteiger partial charge is 0.191 e. The van der Waals surface area contributed by atoms with Gasteiger partial charge in [0.1, 0.15) is 0 Å². The van der Waals surface area contributed by atoms with E-state index in [2.05, 4.69) is 10.1 Å². The molecule has 0 atom stereocenters. The van der Waals surface area contributed by atoms with Crippen molar-refractivity contribution in [1.82, 2.24) is 14.7 Å². The molecule has 82 valence electrons.